The van der Waals surface area contributed by atoms with Crippen LogP contribution in [-0.4, -0.2) is 47.4 Å². The summed E-state index contributed by atoms with van der Waals surface area (Å²) in [6, 6.07) is -0.625. The third kappa shape index (κ3) is 61.2. The number of rotatable bonds is 63. The SMILES string of the molecule is CCCCCCCCC/C=C\CCCCCCCCCC(=O)OCCCCCCCCCCCCCC/C=C\CCCCCCCCCCCCCCCCC(=O)NC(CO)C(O)/C=C/CCCCCCCCCC. The molecule has 0 bridgehead atoms. The average Bonchev–Trinajstić information content (AvgIpc) is 3.41. The van der Waals surface area contributed by atoms with Crippen LogP contribution in [0.5, 0.6) is 0 Å². The van der Waals surface area contributed by atoms with Gasteiger partial charge < -0.3 is 20.3 Å². The molecule has 0 aliphatic heterocycles. The Labute approximate surface area is 468 Å². The number of unbranched alkanes of at least 4 members (excludes halogenated alkanes) is 48. The number of hydrogen-bond acceptors (Lipinski definition) is 5. The highest BCUT2D eigenvalue weighted by Gasteiger charge is 2.18. The zero-order valence-corrected chi connectivity index (χ0v) is 50.5. The number of nitrogens with one attached hydrogen (secondary N) is 1. The number of carbonyl (C=O) groups excluding carboxylic acids is 2. The number of aliphatic hydroxyl groups is 2. The molecule has 0 aromatic rings. The first-order chi connectivity index (χ1) is 37.0. The summed E-state index contributed by atoms with van der Waals surface area (Å²) >= 11 is 0. The van der Waals surface area contributed by atoms with E-state index in [0.29, 0.717) is 19.4 Å². The van der Waals surface area contributed by atoms with Crippen molar-refractivity contribution in [2.45, 2.75) is 379 Å². The minimum Gasteiger partial charge on any atom is -0.466 e. The predicted octanol–water partition coefficient (Wildman–Crippen LogP) is 21.5. The van der Waals surface area contributed by atoms with E-state index in [1.807, 2.05) is 6.08 Å². The van der Waals surface area contributed by atoms with Crippen molar-refractivity contribution in [3.05, 3.63) is 36.5 Å². The molecule has 0 heterocycles. The Morgan fingerprint density at radius 2 is 0.627 bits per heavy atom. The highest BCUT2D eigenvalue weighted by Crippen LogP contribution is 2.18. The molecular formula is C69H131NO5. The van der Waals surface area contributed by atoms with Crippen molar-refractivity contribution in [1.29, 1.82) is 0 Å². The summed E-state index contributed by atoms with van der Waals surface area (Å²) in [5.74, 6) is -0.0535. The van der Waals surface area contributed by atoms with E-state index in [1.54, 1.807) is 6.08 Å². The van der Waals surface area contributed by atoms with E-state index in [9.17, 15) is 19.8 Å². The van der Waals surface area contributed by atoms with Crippen LogP contribution in [0.15, 0.2) is 36.5 Å². The van der Waals surface area contributed by atoms with Gasteiger partial charge in [-0.25, -0.2) is 0 Å². The van der Waals surface area contributed by atoms with Gasteiger partial charge in [-0.05, 0) is 83.5 Å². The second-order valence-electron chi connectivity index (χ2n) is 23.1. The maximum absolute atomic E-state index is 12.4. The molecule has 1 amide bonds. The van der Waals surface area contributed by atoms with Gasteiger partial charge in [0.05, 0.1) is 25.4 Å². The minimum absolute atomic E-state index is 0.0140. The Morgan fingerprint density at radius 1 is 0.360 bits per heavy atom. The largest absolute Gasteiger partial charge is 0.466 e. The van der Waals surface area contributed by atoms with Gasteiger partial charge in [0.1, 0.15) is 0 Å². The van der Waals surface area contributed by atoms with E-state index in [2.05, 4.69) is 43.5 Å². The topological polar surface area (TPSA) is 95.9 Å². The number of aliphatic hydroxyl groups excluding tert-OH is 2. The highest BCUT2D eigenvalue weighted by molar-refractivity contribution is 5.76. The van der Waals surface area contributed by atoms with Gasteiger partial charge in [-0.1, -0.05) is 307 Å². The zero-order chi connectivity index (χ0) is 54.3. The van der Waals surface area contributed by atoms with Crippen LogP contribution in [0.3, 0.4) is 0 Å². The first-order valence-corrected chi connectivity index (χ1v) is 33.8. The molecule has 75 heavy (non-hydrogen) atoms. The van der Waals surface area contributed by atoms with Crippen molar-refractivity contribution in [3.8, 4) is 0 Å². The normalized spacial score (nSPS) is 12.7. The molecule has 0 aliphatic carbocycles. The van der Waals surface area contributed by atoms with E-state index < -0.39 is 12.1 Å². The van der Waals surface area contributed by atoms with Gasteiger partial charge in [0, 0.05) is 12.8 Å². The lowest BCUT2D eigenvalue weighted by Crippen LogP contribution is -2.45. The molecular weight excluding hydrogens is 923 g/mol. The van der Waals surface area contributed by atoms with Crippen LogP contribution in [0, 0.1) is 0 Å². The lowest BCUT2D eigenvalue weighted by atomic mass is 10.0. The Hall–Kier alpha value is -1.92. The van der Waals surface area contributed by atoms with E-state index in [0.717, 1.165) is 44.9 Å². The lowest BCUT2D eigenvalue weighted by Gasteiger charge is -2.20. The molecule has 0 aromatic carbocycles. The number of hydrogen-bond donors (Lipinski definition) is 3. The van der Waals surface area contributed by atoms with Gasteiger partial charge >= 0.3 is 5.97 Å². The maximum atomic E-state index is 12.4. The zero-order valence-electron chi connectivity index (χ0n) is 50.5. The Morgan fingerprint density at radius 3 is 0.947 bits per heavy atom. The van der Waals surface area contributed by atoms with Crippen molar-refractivity contribution in [3.63, 3.8) is 0 Å². The summed E-state index contributed by atoms with van der Waals surface area (Å²) < 4.78 is 5.50. The maximum Gasteiger partial charge on any atom is 0.305 e. The number of ether oxygens (including phenoxy) is 1. The number of allylic oxidation sites excluding steroid dienone is 5. The summed E-state index contributed by atoms with van der Waals surface area (Å²) in [5.41, 5.74) is 0. The van der Waals surface area contributed by atoms with Crippen LogP contribution in [0.25, 0.3) is 0 Å². The van der Waals surface area contributed by atoms with Gasteiger partial charge in [-0.3, -0.25) is 9.59 Å². The predicted molar refractivity (Wildman–Crippen MR) is 329 cm³/mol. The van der Waals surface area contributed by atoms with Crippen LogP contribution in [0.2, 0.25) is 0 Å². The second kappa shape index (κ2) is 64.6. The van der Waals surface area contributed by atoms with Gasteiger partial charge in [0.2, 0.25) is 5.91 Å². The minimum atomic E-state index is -0.841. The van der Waals surface area contributed by atoms with Crippen molar-refractivity contribution >= 4 is 11.9 Å². The number of esters is 1. The molecule has 0 saturated carbocycles. The smallest absolute Gasteiger partial charge is 0.305 e. The summed E-state index contributed by atoms with van der Waals surface area (Å²) in [5, 5.41) is 23.0. The van der Waals surface area contributed by atoms with E-state index in [1.165, 1.54) is 295 Å². The van der Waals surface area contributed by atoms with Crippen LogP contribution >= 0.6 is 0 Å². The van der Waals surface area contributed by atoms with Crippen molar-refractivity contribution in [2.24, 2.45) is 0 Å². The Kier molecular flexibility index (Phi) is 63.0. The molecule has 0 fully saturated rings. The number of carbonyl (C=O) groups is 2. The summed E-state index contributed by atoms with van der Waals surface area (Å²) in [7, 11) is 0. The van der Waals surface area contributed by atoms with Crippen molar-refractivity contribution in [2.75, 3.05) is 13.2 Å². The van der Waals surface area contributed by atoms with Crippen LogP contribution in [0.1, 0.15) is 367 Å². The standard InChI is InChI=1S/C69H131NO5/c1-3-5-7-9-11-13-15-16-17-18-34-37-40-43-47-51-55-59-63-69(74)75-64-60-56-52-48-44-41-38-35-32-30-28-26-24-22-20-19-21-23-25-27-29-31-33-36-39-42-46-50-54-58-62-68(73)70-66(65-71)67(72)61-57-53-49-45-14-12-10-8-6-4-2/h17-18,20,22,57,61,66-67,71-72H,3-16,19,21,23-56,58-60,62-65H2,1-2H3,(H,70,73)/b18-17-,22-20-,61-57+. The Balaban J connectivity index is 3.34. The van der Waals surface area contributed by atoms with Gasteiger partial charge in [0.15, 0.2) is 0 Å². The fraction of sp³-hybridized carbons (Fsp3) is 0.884. The van der Waals surface area contributed by atoms with E-state index in [-0.39, 0.29) is 18.5 Å². The fourth-order valence-electron chi connectivity index (χ4n) is 10.4. The highest BCUT2D eigenvalue weighted by atomic mass is 16.5. The third-order valence-corrected chi connectivity index (χ3v) is 15.6. The molecule has 442 valence electrons. The van der Waals surface area contributed by atoms with Crippen molar-refractivity contribution < 1.29 is 24.5 Å². The van der Waals surface area contributed by atoms with E-state index in [4.69, 9.17) is 4.74 Å². The molecule has 0 saturated heterocycles. The molecule has 6 heteroatoms. The number of amides is 1. The monoisotopic (exact) mass is 1050 g/mol. The van der Waals surface area contributed by atoms with Crippen LogP contribution in [0.4, 0.5) is 0 Å². The molecule has 6 nitrogen and oxygen atoms in total. The quantitative estimate of drug-likeness (QED) is 0.0320. The molecule has 2 unspecified atom stereocenters. The molecule has 0 spiro atoms. The van der Waals surface area contributed by atoms with Gasteiger partial charge in [-0.15, -0.1) is 0 Å². The first-order valence-electron chi connectivity index (χ1n) is 33.8. The van der Waals surface area contributed by atoms with Crippen LogP contribution < -0.4 is 5.32 Å². The van der Waals surface area contributed by atoms with Gasteiger partial charge in [-0.2, -0.15) is 0 Å². The molecule has 3 N–H and O–H groups in total. The van der Waals surface area contributed by atoms with E-state index >= 15 is 0 Å². The van der Waals surface area contributed by atoms with Crippen molar-refractivity contribution in [1.82, 2.24) is 5.32 Å². The first kappa shape index (κ1) is 73.1. The second-order valence-corrected chi connectivity index (χ2v) is 23.1. The van der Waals surface area contributed by atoms with Gasteiger partial charge in [0.25, 0.3) is 0 Å². The molecule has 0 aliphatic rings. The summed E-state index contributed by atoms with van der Waals surface area (Å²) in [6.07, 6.45) is 82.3. The molecule has 2 atom stereocenters. The third-order valence-electron chi connectivity index (χ3n) is 15.6. The fourth-order valence-corrected chi connectivity index (χ4v) is 10.4. The molecule has 0 radical (unpaired) electrons. The molecule has 0 rings (SSSR count). The summed E-state index contributed by atoms with van der Waals surface area (Å²) in [6.45, 7) is 4.90. The average molecular weight is 1050 g/mol. The van der Waals surface area contributed by atoms with Crippen LogP contribution in [-0.2, 0) is 14.3 Å². The molecule has 0 aromatic heterocycles. The Bertz CT molecular complexity index is 1210. The lowest BCUT2D eigenvalue weighted by molar-refractivity contribution is -0.143. The summed E-state index contributed by atoms with van der Waals surface area (Å²) in [4.78, 5) is 24.5.